The summed E-state index contributed by atoms with van der Waals surface area (Å²) in [6.07, 6.45) is -0.181. The van der Waals surface area contributed by atoms with E-state index in [2.05, 4.69) is 17.0 Å². The zero-order chi connectivity index (χ0) is 15.9. The van der Waals surface area contributed by atoms with Crippen LogP contribution in [0.15, 0.2) is 24.3 Å². The molecule has 2 heterocycles. The number of likely N-dealkylation sites (tertiary alicyclic amines) is 1. The molecule has 2 saturated heterocycles. The largest absolute Gasteiger partial charge is 0.444 e. The van der Waals surface area contributed by atoms with Crippen molar-refractivity contribution in [1.29, 1.82) is 0 Å². The Bertz CT molecular complexity index is 539. The molecule has 0 spiro atoms. The number of carbonyl (C=O) groups excluding carboxylic acids is 1. The summed E-state index contributed by atoms with van der Waals surface area (Å²) in [6.45, 7) is 9.29. The van der Waals surface area contributed by atoms with Gasteiger partial charge >= 0.3 is 6.09 Å². The van der Waals surface area contributed by atoms with E-state index in [9.17, 15) is 4.79 Å². The van der Waals surface area contributed by atoms with E-state index in [1.807, 2.05) is 37.8 Å². The van der Waals surface area contributed by atoms with Crippen molar-refractivity contribution in [3.63, 3.8) is 0 Å². The fourth-order valence-corrected chi connectivity index (χ4v) is 3.46. The summed E-state index contributed by atoms with van der Waals surface area (Å²) in [6, 6.07) is 7.99. The number of nitrogens with zero attached hydrogens (tertiary/aromatic N) is 2. The number of hydrogen-bond acceptors (Lipinski definition) is 3. The summed E-state index contributed by atoms with van der Waals surface area (Å²) >= 11 is 5.94. The molecule has 0 saturated carbocycles. The second-order valence-corrected chi connectivity index (χ2v) is 7.72. The molecule has 2 fully saturated rings. The quantitative estimate of drug-likeness (QED) is 0.791. The Hall–Kier alpha value is -1.42. The minimum Gasteiger partial charge on any atom is -0.444 e. The third kappa shape index (κ3) is 3.32. The van der Waals surface area contributed by atoms with E-state index in [4.69, 9.17) is 16.3 Å². The van der Waals surface area contributed by atoms with Gasteiger partial charge < -0.3 is 14.5 Å². The first-order chi connectivity index (χ1) is 10.3. The van der Waals surface area contributed by atoms with Gasteiger partial charge in [-0.1, -0.05) is 11.6 Å². The maximum absolute atomic E-state index is 12.2. The zero-order valence-electron chi connectivity index (χ0n) is 13.4. The molecule has 0 N–H and O–H groups in total. The molecule has 120 valence electrons. The van der Waals surface area contributed by atoms with E-state index in [1.54, 1.807) is 0 Å². The van der Waals surface area contributed by atoms with E-state index < -0.39 is 5.60 Å². The Morgan fingerprint density at radius 3 is 2.14 bits per heavy atom. The molecule has 0 radical (unpaired) electrons. The highest BCUT2D eigenvalue weighted by Gasteiger charge is 2.42. The standard InChI is InChI=1S/C17H23ClN2O2/c1-17(2,3)22-16(21)20-10-12-8-19(9-13(12)11-20)15-6-4-14(18)5-7-15/h4-7,12-13H,8-11H2,1-3H3/t12-,13+. The van der Waals surface area contributed by atoms with E-state index in [0.717, 1.165) is 31.2 Å². The summed E-state index contributed by atoms with van der Waals surface area (Å²) < 4.78 is 5.47. The van der Waals surface area contributed by atoms with Gasteiger partial charge in [-0.3, -0.25) is 0 Å². The summed E-state index contributed by atoms with van der Waals surface area (Å²) in [7, 11) is 0. The van der Waals surface area contributed by atoms with Gasteiger partial charge in [-0.25, -0.2) is 4.79 Å². The second kappa shape index (κ2) is 5.65. The van der Waals surface area contributed by atoms with Crippen LogP contribution in [0.5, 0.6) is 0 Å². The van der Waals surface area contributed by atoms with Crippen molar-refractivity contribution in [2.24, 2.45) is 11.8 Å². The Morgan fingerprint density at radius 2 is 1.64 bits per heavy atom. The summed E-state index contributed by atoms with van der Waals surface area (Å²) in [5.41, 5.74) is 0.784. The van der Waals surface area contributed by atoms with E-state index in [0.29, 0.717) is 11.8 Å². The zero-order valence-corrected chi connectivity index (χ0v) is 14.1. The molecule has 0 aromatic heterocycles. The summed E-state index contributed by atoms with van der Waals surface area (Å²) in [4.78, 5) is 16.4. The Labute approximate surface area is 137 Å². The van der Waals surface area contributed by atoms with Crippen molar-refractivity contribution in [1.82, 2.24) is 4.90 Å². The summed E-state index contributed by atoms with van der Waals surface area (Å²) in [5.74, 6) is 1.06. The molecule has 1 amide bonds. The van der Waals surface area contributed by atoms with Gasteiger partial charge in [-0.15, -0.1) is 0 Å². The number of halogens is 1. The average Bonchev–Trinajstić information content (AvgIpc) is 2.95. The highest BCUT2D eigenvalue weighted by atomic mass is 35.5. The fraction of sp³-hybridized carbons (Fsp3) is 0.588. The molecule has 2 aliphatic rings. The predicted molar refractivity (Wildman–Crippen MR) is 88.5 cm³/mol. The van der Waals surface area contributed by atoms with Gasteiger partial charge in [0, 0.05) is 48.7 Å². The minimum absolute atomic E-state index is 0.181. The van der Waals surface area contributed by atoms with E-state index >= 15 is 0 Å². The fourth-order valence-electron chi connectivity index (χ4n) is 3.33. The molecule has 2 atom stereocenters. The Balaban J connectivity index is 1.58. The third-order valence-corrected chi connectivity index (χ3v) is 4.58. The molecular formula is C17H23ClN2O2. The van der Waals surface area contributed by atoms with Gasteiger partial charge in [0.05, 0.1) is 0 Å². The minimum atomic E-state index is -0.426. The van der Waals surface area contributed by atoms with Crippen LogP contribution in [0.2, 0.25) is 5.02 Å². The van der Waals surface area contributed by atoms with Gasteiger partial charge in [0.1, 0.15) is 5.60 Å². The van der Waals surface area contributed by atoms with Crippen molar-refractivity contribution in [2.75, 3.05) is 31.1 Å². The van der Waals surface area contributed by atoms with Gasteiger partial charge in [-0.2, -0.15) is 0 Å². The van der Waals surface area contributed by atoms with Gasteiger partial charge in [-0.05, 0) is 45.0 Å². The van der Waals surface area contributed by atoms with E-state index in [1.165, 1.54) is 5.69 Å². The predicted octanol–water partition coefficient (Wildman–Crippen LogP) is 3.64. The summed E-state index contributed by atoms with van der Waals surface area (Å²) in [5, 5.41) is 0.763. The number of ether oxygens (including phenoxy) is 1. The first-order valence-corrected chi connectivity index (χ1v) is 8.18. The van der Waals surface area contributed by atoms with Crippen LogP contribution in [-0.4, -0.2) is 42.8 Å². The number of rotatable bonds is 1. The van der Waals surface area contributed by atoms with Crippen LogP contribution < -0.4 is 4.90 Å². The van der Waals surface area contributed by atoms with Gasteiger partial charge in [0.15, 0.2) is 0 Å². The molecule has 0 unspecified atom stereocenters. The van der Waals surface area contributed by atoms with Crippen LogP contribution in [0.4, 0.5) is 10.5 Å². The van der Waals surface area contributed by atoms with Crippen molar-refractivity contribution in [3.8, 4) is 0 Å². The molecule has 5 heteroatoms. The number of fused-ring (bicyclic) bond motifs is 1. The van der Waals surface area contributed by atoms with Crippen molar-refractivity contribution >= 4 is 23.4 Å². The lowest BCUT2D eigenvalue weighted by atomic mass is 10.0. The average molecular weight is 323 g/mol. The third-order valence-electron chi connectivity index (χ3n) is 4.33. The molecule has 22 heavy (non-hydrogen) atoms. The topological polar surface area (TPSA) is 32.8 Å². The van der Waals surface area contributed by atoms with Crippen molar-refractivity contribution < 1.29 is 9.53 Å². The highest BCUT2D eigenvalue weighted by Crippen LogP contribution is 2.34. The monoisotopic (exact) mass is 322 g/mol. The number of carbonyl (C=O) groups is 1. The number of amides is 1. The second-order valence-electron chi connectivity index (χ2n) is 7.29. The van der Waals surface area contributed by atoms with Crippen LogP contribution in [0, 0.1) is 11.8 Å². The lowest BCUT2D eigenvalue weighted by Gasteiger charge is -2.26. The SMILES string of the molecule is CC(C)(C)OC(=O)N1C[C@@H]2CN(c3ccc(Cl)cc3)C[C@@H]2C1. The Kier molecular flexibility index (Phi) is 3.98. The number of benzene rings is 1. The van der Waals surface area contributed by atoms with Gasteiger partial charge in [0.25, 0.3) is 0 Å². The maximum atomic E-state index is 12.2. The van der Waals surface area contributed by atoms with Crippen LogP contribution >= 0.6 is 11.6 Å². The first kappa shape index (κ1) is 15.5. The molecule has 0 bridgehead atoms. The normalized spacial score (nSPS) is 24.5. The molecule has 3 rings (SSSR count). The first-order valence-electron chi connectivity index (χ1n) is 7.80. The molecule has 1 aromatic rings. The van der Waals surface area contributed by atoms with Crippen LogP contribution in [0.25, 0.3) is 0 Å². The Morgan fingerprint density at radius 1 is 1.09 bits per heavy atom. The number of anilines is 1. The maximum Gasteiger partial charge on any atom is 0.410 e. The molecule has 0 aliphatic carbocycles. The van der Waals surface area contributed by atoms with Crippen molar-refractivity contribution in [2.45, 2.75) is 26.4 Å². The van der Waals surface area contributed by atoms with Crippen LogP contribution in [0.3, 0.4) is 0 Å². The number of hydrogen-bond donors (Lipinski definition) is 0. The van der Waals surface area contributed by atoms with Crippen LogP contribution in [0.1, 0.15) is 20.8 Å². The molecule has 4 nitrogen and oxygen atoms in total. The van der Waals surface area contributed by atoms with Crippen molar-refractivity contribution in [3.05, 3.63) is 29.3 Å². The van der Waals surface area contributed by atoms with E-state index in [-0.39, 0.29) is 6.09 Å². The lowest BCUT2D eigenvalue weighted by Crippen LogP contribution is -2.37. The molecule has 1 aromatic carbocycles. The lowest BCUT2D eigenvalue weighted by molar-refractivity contribution is 0.0282. The molecule has 2 aliphatic heterocycles. The molecular weight excluding hydrogens is 300 g/mol. The highest BCUT2D eigenvalue weighted by molar-refractivity contribution is 6.30. The van der Waals surface area contributed by atoms with Gasteiger partial charge in [0.2, 0.25) is 0 Å². The van der Waals surface area contributed by atoms with Crippen LogP contribution in [-0.2, 0) is 4.74 Å². The smallest absolute Gasteiger partial charge is 0.410 e.